The van der Waals surface area contributed by atoms with Gasteiger partial charge in [0.2, 0.25) is 11.8 Å². The SMILES string of the molecule is CC(/C=C/c1cccc2c1n(C)c(=O)n2C1CCC(=O)NC1=O)OC1CCNCC1. The van der Waals surface area contributed by atoms with E-state index in [0.29, 0.717) is 11.9 Å². The topological polar surface area (TPSA) is 94.4 Å². The molecule has 1 aromatic heterocycles. The van der Waals surface area contributed by atoms with Crippen LogP contribution in [0.3, 0.4) is 0 Å². The lowest BCUT2D eigenvalue weighted by Crippen LogP contribution is -2.44. The summed E-state index contributed by atoms with van der Waals surface area (Å²) in [5.74, 6) is -0.721. The van der Waals surface area contributed by atoms with Gasteiger partial charge in [0.15, 0.2) is 0 Å². The Kier molecular flexibility index (Phi) is 5.87. The van der Waals surface area contributed by atoms with Gasteiger partial charge in [-0.05, 0) is 45.3 Å². The molecular formula is C22H28N4O4. The Morgan fingerprint density at radius 2 is 1.93 bits per heavy atom. The minimum atomic E-state index is -0.680. The van der Waals surface area contributed by atoms with E-state index in [4.69, 9.17) is 4.74 Å². The molecule has 0 saturated carbocycles. The van der Waals surface area contributed by atoms with E-state index < -0.39 is 11.9 Å². The number of amides is 2. The van der Waals surface area contributed by atoms with Crippen LogP contribution in [0.4, 0.5) is 0 Å². The number of fused-ring (bicyclic) bond motifs is 1. The van der Waals surface area contributed by atoms with Crippen molar-refractivity contribution in [3.05, 3.63) is 40.3 Å². The van der Waals surface area contributed by atoms with Gasteiger partial charge in [-0.3, -0.25) is 24.0 Å². The minimum absolute atomic E-state index is 0.0439. The van der Waals surface area contributed by atoms with Gasteiger partial charge in [0.25, 0.3) is 0 Å². The third-order valence-corrected chi connectivity index (χ3v) is 5.90. The highest BCUT2D eigenvalue weighted by molar-refractivity contribution is 6.00. The lowest BCUT2D eigenvalue weighted by Gasteiger charge is -2.25. The first kappa shape index (κ1) is 20.6. The number of carbonyl (C=O) groups is 2. The van der Waals surface area contributed by atoms with Gasteiger partial charge < -0.3 is 10.1 Å². The van der Waals surface area contributed by atoms with Crippen molar-refractivity contribution >= 4 is 28.9 Å². The van der Waals surface area contributed by atoms with E-state index in [-0.39, 0.29) is 30.2 Å². The lowest BCUT2D eigenvalue weighted by atomic mass is 10.1. The first-order valence-electron chi connectivity index (χ1n) is 10.5. The number of nitrogens with one attached hydrogen (secondary N) is 2. The lowest BCUT2D eigenvalue weighted by molar-refractivity contribution is -0.135. The van der Waals surface area contributed by atoms with Gasteiger partial charge in [-0.25, -0.2) is 4.79 Å². The smallest absolute Gasteiger partial charge is 0.329 e. The zero-order valence-electron chi connectivity index (χ0n) is 17.4. The van der Waals surface area contributed by atoms with Crippen molar-refractivity contribution in [3.63, 3.8) is 0 Å². The average Bonchev–Trinajstić information content (AvgIpc) is 2.98. The molecule has 2 aromatic rings. The normalized spacial score (nSPS) is 22.0. The number of carbonyl (C=O) groups excluding carboxylic acids is 2. The first-order chi connectivity index (χ1) is 14.5. The second-order valence-corrected chi connectivity index (χ2v) is 8.04. The molecular weight excluding hydrogens is 384 g/mol. The number of nitrogens with zero attached hydrogens (tertiary/aromatic N) is 2. The third-order valence-electron chi connectivity index (χ3n) is 5.90. The summed E-state index contributed by atoms with van der Waals surface area (Å²) in [5.41, 5.74) is 2.07. The molecule has 30 heavy (non-hydrogen) atoms. The third kappa shape index (κ3) is 3.97. The van der Waals surface area contributed by atoms with Gasteiger partial charge in [-0.2, -0.15) is 0 Å². The Morgan fingerprint density at radius 3 is 2.67 bits per heavy atom. The van der Waals surface area contributed by atoms with Crippen molar-refractivity contribution in [3.8, 4) is 0 Å². The summed E-state index contributed by atoms with van der Waals surface area (Å²) in [7, 11) is 1.71. The number of aromatic nitrogens is 2. The zero-order chi connectivity index (χ0) is 21.3. The van der Waals surface area contributed by atoms with Gasteiger partial charge in [0.1, 0.15) is 6.04 Å². The fraction of sp³-hybridized carbons (Fsp3) is 0.500. The summed E-state index contributed by atoms with van der Waals surface area (Å²) in [6, 6.07) is 4.99. The standard InChI is InChI=1S/C22H28N4O4/c1-14(30-16-10-12-23-13-11-16)6-7-15-4-3-5-17-20(15)25(2)22(29)26(17)18-8-9-19(27)24-21(18)28/h3-7,14,16,18,23H,8-13H2,1-2H3,(H,24,27,28)/b7-6+. The summed E-state index contributed by atoms with van der Waals surface area (Å²) in [6.07, 6.45) is 6.77. The summed E-state index contributed by atoms with van der Waals surface area (Å²) >= 11 is 0. The maximum atomic E-state index is 13.0. The zero-order valence-corrected chi connectivity index (χ0v) is 17.4. The molecule has 1 aromatic carbocycles. The van der Waals surface area contributed by atoms with Crippen LogP contribution in [-0.2, 0) is 21.4 Å². The van der Waals surface area contributed by atoms with Crippen LogP contribution in [-0.4, -0.2) is 46.2 Å². The highest BCUT2D eigenvalue weighted by atomic mass is 16.5. The number of hydrogen-bond acceptors (Lipinski definition) is 5. The molecule has 2 atom stereocenters. The Hall–Kier alpha value is -2.71. The Morgan fingerprint density at radius 1 is 1.17 bits per heavy atom. The molecule has 8 nitrogen and oxygen atoms in total. The van der Waals surface area contributed by atoms with Crippen LogP contribution >= 0.6 is 0 Å². The van der Waals surface area contributed by atoms with Gasteiger partial charge in [0, 0.05) is 19.0 Å². The molecule has 3 heterocycles. The van der Waals surface area contributed by atoms with Crippen LogP contribution in [0.25, 0.3) is 17.1 Å². The second-order valence-electron chi connectivity index (χ2n) is 8.04. The molecule has 8 heteroatoms. The average molecular weight is 412 g/mol. The molecule has 2 aliphatic rings. The number of benzene rings is 1. The number of rotatable bonds is 5. The number of imidazole rings is 1. The van der Waals surface area contributed by atoms with Crippen molar-refractivity contribution in [2.24, 2.45) is 7.05 Å². The molecule has 0 aliphatic carbocycles. The van der Waals surface area contributed by atoms with Crippen molar-refractivity contribution in [2.45, 2.75) is 50.9 Å². The van der Waals surface area contributed by atoms with E-state index in [1.54, 1.807) is 11.6 Å². The van der Waals surface area contributed by atoms with Gasteiger partial charge in [-0.1, -0.05) is 24.3 Å². The van der Waals surface area contributed by atoms with Crippen LogP contribution in [0.5, 0.6) is 0 Å². The molecule has 0 radical (unpaired) electrons. The maximum absolute atomic E-state index is 13.0. The maximum Gasteiger partial charge on any atom is 0.329 e. The van der Waals surface area contributed by atoms with Crippen molar-refractivity contribution in [1.82, 2.24) is 19.8 Å². The molecule has 0 bridgehead atoms. The van der Waals surface area contributed by atoms with E-state index in [0.717, 1.165) is 37.0 Å². The Labute approximate surface area is 174 Å². The van der Waals surface area contributed by atoms with Crippen LogP contribution in [0.1, 0.15) is 44.2 Å². The molecule has 2 unspecified atom stereocenters. The van der Waals surface area contributed by atoms with E-state index in [1.807, 2.05) is 37.3 Å². The van der Waals surface area contributed by atoms with Gasteiger partial charge in [-0.15, -0.1) is 0 Å². The van der Waals surface area contributed by atoms with Crippen LogP contribution < -0.4 is 16.3 Å². The number of aryl methyl sites for hydroxylation is 1. The van der Waals surface area contributed by atoms with Crippen molar-refractivity contribution in [1.29, 1.82) is 0 Å². The molecule has 2 aliphatic heterocycles. The van der Waals surface area contributed by atoms with Crippen LogP contribution in [0.2, 0.25) is 0 Å². The number of ether oxygens (including phenoxy) is 1. The van der Waals surface area contributed by atoms with E-state index >= 15 is 0 Å². The van der Waals surface area contributed by atoms with E-state index in [2.05, 4.69) is 10.6 Å². The summed E-state index contributed by atoms with van der Waals surface area (Å²) in [5, 5.41) is 5.67. The molecule has 4 rings (SSSR count). The Balaban J connectivity index is 1.63. The predicted octanol–water partition coefficient (Wildman–Crippen LogP) is 1.49. The Bertz CT molecular complexity index is 1050. The highest BCUT2D eigenvalue weighted by Crippen LogP contribution is 2.25. The number of piperidine rings is 2. The summed E-state index contributed by atoms with van der Waals surface area (Å²) < 4.78 is 9.19. The largest absolute Gasteiger partial charge is 0.371 e. The first-order valence-corrected chi connectivity index (χ1v) is 10.5. The van der Waals surface area contributed by atoms with Crippen LogP contribution in [0, 0.1) is 0 Å². The van der Waals surface area contributed by atoms with Crippen molar-refractivity contribution in [2.75, 3.05) is 13.1 Å². The summed E-state index contributed by atoms with van der Waals surface area (Å²) in [6.45, 7) is 3.99. The predicted molar refractivity (Wildman–Crippen MR) is 114 cm³/mol. The number of para-hydroxylation sites is 1. The molecule has 2 amide bonds. The number of imide groups is 1. The second kappa shape index (κ2) is 8.57. The van der Waals surface area contributed by atoms with Gasteiger partial charge in [0.05, 0.1) is 23.2 Å². The minimum Gasteiger partial charge on any atom is -0.371 e. The quantitative estimate of drug-likeness (QED) is 0.726. The highest BCUT2D eigenvalue weighted by Gasteiger charge is 2.31. The van der Waals surface area contributed by atoms with Crippen LogP contribution in [0.15, 0.2) is 29.1 Å². The fourth-order valence-corrected chi connectivity index (χ4v) is 4.35. The van der Waals surface area contributed by atoms with Crippen molar-refractivity contribution < 1.29 is 14.3 Å². The summed E-state index contributed by atoms with van der Waals surface area (Å²) in [4.78, 5) is 36.8. The monoisotopic (exact) mass is 412 g/mol. The van der Waals surface area contributed by atoms with Gasteiger partial charge >= 0.3 is 5.69 Å². The molecule has 2 N–H and O–H groups in total. The molecule has 160 valence electrons. The molecule has 2 fully saturated rings. The number of hydrogen-bond donors (Lipinski definition) is 2. The molecule has 0 spiro atoms. The van der Waals surface area contributed by atoms with E-state index in [9.17, 15) is 14.4 Å². The van der Waals surface area contributed by atoms with E-state index in [1.165, 1.54) is 4.57 Å². The molecule has 2 saturated heterocycles. The fourth-order valence-electron chi connectivity index (χ4n) is 4.35.